The third kappa shape index (κ3) is 3.55. The molecule has 0 aliphatic heterocycles. The van der Waals surface area contributed by atoms with Gasteiger partial charge in [0.2, 0.25) is 5.88 Å². The highest BCUT2D eigenvalue weighted by molar-refractivity contribution is 5.70. The van der Waals surface area contributed by atoms with E-state index in [1.54, 1.807) is 11.6 Å². The molecule has 0 fully saturated rings. The number of hydrogen-bond donors (Lipinski definition) is 0. The molecule has 0 amide bonds. The summed E-state index contributed by atoms with van der Waals surface area (Å²) in [5.41, 5.74) is 5.88. The number of nitrogens with zero attached hydrogens (tertiary/aromatic N) is 5. The van der Waals surface area contributed by atoms with Gasteiger partial charge >= 0.3 is 0 Å². The molecule has 0 N–H and O–H groups in total. The number of benzene rings is 2. The van der Waals surface area contributed by atoms with Crippen LogP contribution in [0.4, 0.5) is 0 Å². The number of aryl methyl sites for hydroxylation is 1. The largest absolute Gasteiger partial charge is 0.481 e. The Bertz CT molecular complexity index is 1190. The molecule has 0 saturated carbocycles. The standard InChI is InChI=1S/C23H21N5O/c1-3-6-21-20(22(29-2)27-23-25-15-26-28(21)23)13-16-9-11-17(12-10-16)19-8-5-4-7-18(19)14-24/h4-5,7-12,15H,3,6,13H2,1-2H3. The van der Waals surface area contributed by atoms with Crippen LogP contribution in [-0.4, -0.2) is 26.7 Å². The molecule has 2 heterocycles. The molecule has 144 valence electrons. The third-order valence-electron chi connectivity index (χ3n) is 4.97. The van der Waals surface area contributed by atoms with Gasteiger partial charge in [0.1, 0.15) is 6.33 Å². The smallest absolute Gasteiger partial charge is 0.255 e. The highest BCUT2D eigenvalue weighted by Crippen LogP contribution is 2.27. The van der Waals surface area contributed by atoms with Crippen LogP contribution in [0.15, 0.2) is 54.9 Å². The van der Waals surface area contributed by atoms with Gasteiger partial charge in [-0.3, -0.25) is 0 Å². The zero-order valence-corrected chi connectivity index (χ0v) is 16.5. The van der Waals surface area contributed by atoms with Crippen molar-refractivity contribution >= 4 is 5.78 Å². The molecule has 0 radical (unpaired) electrons. The minimum atomic E-state index is 0.553. The SMILES string of the molecule is CCCc1c(Cc2ccc(-c3ccccc3C#N)cc2)c(OC)nc2ncnn12. The lowest BCUT2D eigenvalue weighted by atomic mass is 9.97. The topological polar surface area (TPSA) is 76.1 Å². The van der Waals surface area contributed by atoms with E-state index in [0.717, 1.165) is 40.8 Å². The first-order valence-electron chi connectivity index (χ1n) is 9.59. The van der Waals surface area contributed by atoms with Crippen molar-refractivity contribution in [2.45, 2.75) is 26.2 Å². The van der Waals surface area contributed by atoms with Crippen LogP contribution in [0.2, 0.25) is 0 Å². The fraction of sp³-hybridized carbons (Fsp3) is 0.217. The second-order valence-corrected chi connectivity index (χ2v) is 6.80. The van der Waals surface area contributed by atoms with E-state index < -0.39 is 0 Å². The Morgan fingerprint density at radius 3 is 2.62 bits per heavy atom. The molecule has 0 aliphatic carbocycles. The first-order chi connectivity index (χ1) is 14.2. The molecule has 0 unspecified atom stereocenters. The van der Waals surface area contributed by atoms with Crippen LogP contribution in [0.3, 0.4) is 0 Å². The minimum absolute atomic E-state index is 0.553. The average Bonchev–Trinajstić information content (AvgIpc) is 3.24. The monoisotopic (exact) mass is 383 g/mol. The Morgan fingerprint density at radius 2 is 1.90 bits per heavy atom. The molecule has 0 spiro atoms. The highest BCUT2D eigenvalue weighted by Gasteiger charge is 2.17. The molecular weight excluding hydrogens is 362 g/mol. The fourth-order valence-corrected chi connectivity index (χ4v) is 3.59. The van der Waals surface area contributed by atoms with Gasteiger partial charge in [-0.25, -0.2) is 4.52 Å². The van der Waals surface area contributed by atoms with Crippen LogP contribution in [-0.2, 0) is 12.8 Å². The van der Waals surface area contributed by atoms with E-state index in [2.05, 4.69) is 52.3 Å². The van der Waals surface area contributed by atoms with Crippen LogP contribution in [0, 0.1) is 11.3 Å². The molecule has 6 nitrogen and oxygen atoms in total. The van der Waals surface area contributed by atoms with Crippen molar-refractivity contribution in [3.8, 4) is 23.1 Å². The Morgan fingerprint density at radius 1 is 1.10 bits per heavy atom. The van der Waals surface area contributed by atoms with E-state index in [1.165, 1.54) is 6.33 Å². The molecule has 2 aromatic heterocycles. The first kappa shape index (κ1) is 18.6. The maximum Gasteiger partial charge on any atom is 0.255 e. The summed E-state index contributed by atoms with van der Waals surface area (Å²) < 4.78 is 7.38. The summed E-state index contributed by atoms with van der Waals surface area (Å²) in [6.07, 6.45) is 4.05. The zero-order chi connectivity index (χ0) is 20.2. The number of aromatic nitrogens is 4. The summed E-state index contributed by atoms with van der Waals surface area (Å²) in [5, 5.41) is 13.7. The van der Waals surface area contributed by atoms with Gasteiger partial charge in [0.05, 0.1) is 24.4 Å². The van der Waals surface area contributed by atoms with Gasteiger partial charge in [-0.15, -0.1) is 0 Å². The number of methoxy groups -OCH3 is 1. The van der Waals surface area contributed by atoms with E-state index in [4.69, 9.17) is 4.74 Å². The van der Waals surface area contributed by atoms with Gasteiger partial charge in [0.25, 0.3) is 5.78 Å². The minimum Gasteiger partial charge on any atom is -0.481 e. The van der Waals surface area contributed by atoms with E-state index in [1.807, 2.05) is 24.3 Å². The van der Waals surface area contributed by atoms with E-state index in [-0.39, 0.29) is 0 Å². The maximum absolute atomic E-state index is 9.35. The average molecular weight is 383 g/mol. The molecule has 2 aromatic carbocycles. The number of fused-ring (bicyclic) bond motifs is 1. The third-order valence-corrected chi connectivity index (χ3v) is 4.97. The molecule has 29 heavy (non-hydrogen) atoms. The predicted octanol–water partition coefficient (Wildman–Crippen LogP) is 4.21. The highest BCUT2D eigenvalue weighted by atomic mass is 16.5. The molecule has 4 rings (SSSR count). The first-order valence-corrected chi connectivity index (χ1v) is 9.59. The van der Waals surface area contributed by atoms with Crippen LogP contribution in [0.25, 0.3) is 16.9 Å². The Hall–Kier alpha value is -3.72. The van der Waals surface area contributed by atoms with Gasteiger partial charge in [0, 0.05) is 12.0 Å². The number of rotatable bonds is 6. The van der Waals surface area contributed by atoms with Crippen LogP contribution in [0.1, 0.15) is 35.7 Å². The van der Waals surface area contributed by atoms with Crippen molar-refractivity contribution in [1.29, 1.82) is 5.26 Å². The maximum atomic E-state index is 9.35. The predicted molar refractivity (Wildman–Crippen MR) is 111 cm³/mol. The van der Waals surface area contributed by atoms with Crippen LogP contribution >= 0.6 is 0 Å². The molecule has 0 aliphatic rings. The molecule has 4 aromatic rings. The Kier molecular flexibility index (Phi) is 5.21. The lowest BCUT2D eigenvalue weighted by Gasteiger charge is -2.14. The van der Waals surface area contributed by atoms with Crippen molar-refractivity contribution < 1.29 is 4.74 Å². The van der Waals surface area contributed by atoms with Crippen molar-refractivity contribution in [3.63, 3.8) is 0 Å². The van der Waals surface area contributed by atoms with Crippen LogP contribution < -0.4 is 4.74 Å². The number of hydrogen-bond acceptors (Lipinski definition) is 5. The molecule has 0 saturated heterocycles. The normalized spacial score (nSPS) is 10.8. The summed E-state index contributed by atoms with van der Waals surface area (Å²) in [6, 6.07) is 18.2. The van der Waals surface area contributed by atoms with Crippen molar-refractivity contribution in [1.82, 2.24) is 19.6 Å². The van der Waals surface area contributed by atoms with E-state index >= 15 is 0 Å². The second-order valence-electron chi connectivity index (χ2n) is 6.80. The number of ether oxygens (including phenoxy) is 1. The van der Waals surface area contributed by atoms with Crippen molar-refractivity contribution in [2.75, 3.05) is 7.11 Å². The summed E-state index contributed by atoms with van der Waals surface area (Å²) in [4.78, 5) is 8.73. The van der Waals surface area contributed by atoms with Crippen LogP contribution in [0.5, 0.6) is 5.88 Å². The fourth-order valence-electron chi connectivity index (χ4n) is 3.59. The van der Waals surface area contributed by atoms with Gasteiger partial charge in [-0.2, -0.15) is 20.3 Å². The van der Waals surface area contributed by atoms with Gasteiger partial charge in [-0.1, -0.05) is 55.8 Å². The lowest BCUT2D eigenvalue weighted by molar-refractivity contribution is 0.391. The molecule has 6 heteroatoms. The van der Waals surface area contributed by atoms with Crippen molar-refractivity contribution in [2.24, 2.45) is 0 Å². The Balaban J connectivity index is 1.72. The van der Waals surface area contributed by atoms with E-state index in [0.29, 0.717) is 23.6 Å². The number of nitriles is 1. The quantitative estimate of drug-likeness (QED) is 0.498. The van der Waals surface area contributed by atoms with Gasteiger partial charge in [-0.05, 0) is 29.2 Å². The molecule has 0 atom stereocenters. The second kappa shape index (κ2) is 8.11. The van der Waals surface area contributed by atoms with Gasteiger partial charge in [0.15, 0.2) is 0 Å². The lowest BCUT2D eigenvalue weighted by Crippen LogP contribution is -2.09. The Labute approximate surface area is 169 Å². The van der Waals surface area contributed by atoms with E-state index in [9.17, 15) is 5.26 Å². The summed E-state index contributed by atoms with van der Waals surface area (Å²) in [5.74, 6) is 1.14. The van der Waals surface area contributed by atoms with Gasteiger partial charge < -0.3 is 4.74 Å². The molecular formula is C23H21N5O. The summed E-state index contributed by atoms with van der Waals surface area (Å²) in [6.45, 7) is 2.14. The summed E-state index contributed by atoms with van der Waals surface area (Å²) >= 11 is 0. The summed E-state index contributed by atoms with van der Waals surface area (Å²) in [7, 11) is 1.64. The molecule has 0 bridgehead atoms. The van der Waals surface area contributed by atoms with Crippen molar-refractivity contribution in [3.05, 3.63) is 77.2 Å². The zero-order valence-electron chi connectivity index (χ0n) is 16.5.